The number of hydrogen-bond donors (Lipinski definition) is 0. The van der Waals surface area contributed by atoms with E-state index in [9.17, 15) is 4.79 Å². The summed E-state index contributed by atoms with van der Waals surface area (Å²) in [5, 5.41) is 0. The highest BCUT2D eigenvalue weighted by molar-refractivity contribution is 5.85. The number of likely N-dealkylation sites (tertiary alicyclic amines) is 1. The Labute approximate surface area is 66.3 Å². The number of ketones is 1. The van der Waals surface area contributed by atoms with Crippen molar-refractivity contribution < 1.29 is 9.53 Å². The first-order chi connectivity index (χ1) is 5.24. The van der Waals surface area contributed by atoms with Crippen molar-refractivity contribution in [2.45, 2.75) is 31.6 Å². The van der Waals surface area contributed by atoms with Crippen LogP contribution in [0.4, 0.5) is 0 Å². The number of hydrogen-bond acceptors (Lipinski definition) is 3. The van der Waals surface area contributed by atoms with Crippen molar-refractivity contribution in [3.63, 3.8) is 0 Å². The molecule has 11 heavy (non-hydrogen) atoms. The molecule has 2 aliphatic rings. The minimum absolute atomic E-state index is 0.0602. The average molecular weight is 155 g/mol. The Kier molecular flexibility index (Phi) is 1.51. The van der Waals surface area contributed by atoms with Gasteiger partial charge in [0, 0.05) is 13.0 Å². The molecule has 0 aromatic heterocycles. The summed E-state index contributed by atoms with van der Waals surface area (Å²) in [6.07, 6.45) is 1.22. The van der Waals surface area contributed by atoms with Crippen molar-refractivity contribution in [3.8, 4) is 0 Å². The van der Waals surface area contributed by atoms with Crippen molar-refractivity contribution in [2.24, 2.45) is 0 Å². The summed E-state index contributed by atoms with van der Waals surface area (Å²) in [6.45, 7) is 2.84. The van der Waals surface area contributed by atoms with E-state index in [1.165, 1.54) is 0 Å². The quantitative estimate of drug-likeness (QED) is 0.528. The van der Waals surface area contributed by atoms with E-state index >= 15 is 0 Å². The normalized spacial score (nSPS) is 42.2. The number of rotatable bonds is 2. The predicted molar refractivity (Wildman–Crippen MR) is 40.4 cm³/mol. The molecule has 0 radical (unpaired) electrons. The zero-order valence-electron chi connectivity index (χ0n) is 6.91. The molecule has 62 valence electrons. The van der Waals surface area contributed by atoms with Gasteiger partial charge in [-0.1, -0.05) is 6.92 Å². The number of likely N-dealkylation sites (N-methyl/N-ethyl adjacent to an activating group) is 1. The molecule has 0 aromatic rings. The van der Waals surface area contributed by atoms with Crippen LogP contribution in [0.25, 0.3) is 0 Å². The molecular weight excluding hydrogens is 142 g/mol. The minimum Gasteiger partial charge on any atom is -0.366 e. The SMILES string of the molecule is CCC(=O)C1C2OC2CN1C. The molecule has 3 nitrogen and oxygen atoms in total. The van der Waals surface area contributed by atoms with Gasteiger partial charge in [-0.3, -0.25) is 9.69 Å². The van der Waals surface area contributed by atoms with E-state index in [2.05, 4.69) is 4.90 Å². The molecule has 0 saturated carbocycles. The molecule has 0 N–H and O–H groups in total. The summed E-state index contributed by atoms with van der Waals surface area (Å²) >= 11 is 0. The molecule has 2 aliphatic heterocycles. The Hall–Kier alpha value is -0.410. The van der Waals surface area contributed by atoms with Gasteiger partial charge in [-0.15, -0.1) is 0 Å². The lowest BCUT2D eigenvalue weighted by atomic mass is 10.1. The molecule has 0 aliphatic carbocycles. The van der Waals surface area contributed by atoms with Crippen molar-refractivity contribution in [2.75, 3.05) is 13.6 Å². The fourth-order valence-electron chi connectivity index (χ4n) is 1.87. The Balaban J connectivity index is 2.06. The van der Waals surface area contributed by atoms with E-state index in [0.717, 1.165) is 6.54 Å². The number of epoxide rings is 1. The third kappa shape index (κ3) is 0.993. The first kappa shape index (κ1) is 7.25. The van der Waals surface area contributed by atoms with Crippen LogP contribution in [0, 0.1) is 0 Å². The summed E-state index contributed by atoms with van der Waals surface area (Å²) in [5.74, 6) is 0.317. The van der Waals surface area contributed by atoms with Crippen LogP contribution < -0.4 is 0 Å². The van der Waals surface area contributed by atoms with Crippen LogP contribution in [0.5, 0.6) is 0 Å². The second-order valence-electron chi connectivity index (χ2n) is 3.34. The average Bonchev–Trinajstić information content (AvgIpc) is 2.63. The van der Waals surface area contributed by atoms with Crippen LogP contribution in [-0.2, 0) is 9.53 Å². The van der Waals surface area contributed by atoms with Gasteiger partial charge < -0.3 is 4.74 Å². The van der Waals surface area contributed by atoms with E-state index < -0.39 is 0 Å². The molecule has 3 atom stereocenters. The first-order valence-electron chi connectivity index (χ1n) is 4.12. The van der Waals surface area contributed by atoms with Crippen molar-refractivity contribution in [1.82, 2.24) is 4.90 Å². The molecule has 2 saturated heterocycles. The Bertz CT molecular complexity index is 191. The number of ether oxygens (including phenoxy) is 1. The van der Waals surface area contributed by atoms with Crippen LogP contribution in [0.2, 0.25) is 0 Å². The molecule has 2 rings (SSSR count). The lowest BCUT2D eigenvalue weighted by molar-refractivity contribution is -0.123. The maximum atomic E-state index is 11.3. The highest BCUT2D eigenvalue weighted by Crippen LogP contribution is 2.36. The summed E-state index contributed by atoms with van der Waals surface area (Å²) < 4.78 is 5.30. The van der Waals surface area contributed by atoms with Crippen LogP contribution >= 0.6 is 0 Å². The Morgan fingerprint density at radius 3 is 2.91 bits per heavy atom. The van der Waals surface area contributed by atoms with E-state index in [-0.39, 0.29) is 12.1 Å². The predicted octanol–water partition coefficient (Wildman–Crippen LogP) is 0.0469. The molecular formula is C8H13NO2. The fourth-order valence-corrected chi connectivity index (χ4v) is 1.87. The standard InChI is InChI=1S/C8H13NO2/c1-3-5(10)7-8-6(11-8)4-9(7)2/h6-8H,3-4H2,1-2H3. The highest BCUT2D eigenvalue weighted by Gasteiger charge is 2.55. The van der Waals surface area contributed by atoms with Crippen molar-refractivity contribution in [1.29, 1.82) is 0 Å². The number of morpholine rings is 1. The summed E-state index contributed by atoms with van der Waals surface area (Å²) in [4.78, 5) is 13.4. The van der Waals surface area contributed by atoms with Gasteiger partial charge in [-0.25, -0.2) is 0 Å². The van der Waals surface area contributed by atoms with Gasteiger partial charge in [0.15, 0.2) is 5.78 Å². The van der Waals surface area contributed by atoms with Gasteiger partial charge in [-0.05, 0) is 7.05 Å². The topological polar surface area (TPSA) is 32.8 Å². The molecule has 0 bridgehead atoms. The summed E-state index contributed by atoms with van der Waals surface area (Å²) in [6, 6.07) is 0.0602. The second kappa shape index (κ2) is 2.29. The smallest absolute Gasteiger partial charge is 0.152 e. The van der Waals surface area contributed by atoms with Crippen LogP contribution in [-0.4, -0.2) is 42.5 Å². The molecule has 3 unspecified atom stereocenters. The lowest BCUT2D eigenvalue weighted by Gasteiger charge is -2.19. The summed E-state index contributed by atoms with van der Waals surface area (Å²) in [5.41, 5.74) is 0. The van der Waals surface area contributed by atoms with Gasteiger partial charge in [0.05, 0.1) is 12.1 Å². The number of carbonyl (C=O) groups is 1. The van der Waals surface area contributed by atoms with Gasteiger partial charge in [-0.2, -0.15) is 0 Å². The van der Waals surface area contributed by atoms with E-state index in [0.29, 0.717) is 18.3 Å². The monoisotopic (exact) mass is 155 g/mol. The van der Waals surface area contributed by atoms with Gasteiger partial charge >= 0.3 is 0 Å². The highest BCUT2D eigenvalue weighted by atomic mass is 16.6. The van der Waals surface area contributed by atoms with Gasteiger partial charge in [0.1, 0.15) is 6.10 Å². The molecule has 3 heteroatoms. The van der Waals surface area contributed by atoms with Crippen LogP contribution in [0.3, 0.4) is 0 Å². The van der Waals surface area contributed by atoms with E-state index in [1.54, 1.807) is 0 Å². The zero-order chi connectivity index (χ0) is 8.01. The largest absolute Gasteiger partial charge is 0.366 e. The third-order valence-electron chi connectivity index (χ3n) is 2.55. The Morgan fingerprint density at radius 1 is 1.73 bits per heavy atom. The number of Topliss-reactive ketones (excluding diaryl/α,β-unsaturated/α-hetero) is 1. The second-order valence-corrected chi connectivity index (χ2v) is 3.34. The molecule has 2 fully saturated rings. The molecule has 2 heterocycles. The van der Waals surface area contributed by atoms with Gasteiger partial charge in [0.25, 0.3) is 0 Å². The summed E-state index contributed by atoms with van der Waals surface area (Å²) in [7, 11) is 1.99. The minimum atomic E-state index is 0.0602. The molecule has 0 aromatic carbocycles. The maximum Gasteiger partial charge on any atom is 0.152 e. The van der Waals surface area contributed by atoms with E-state index in [1.807, 2.05) is 14.0 Å². The number of nitrogens with zero attached hydrogens (tertiary/aromatic N) is 1. The number of carbonyl (C=O) groups excluding carboxylic acids is 1. The maximum absolute atomic E-state index is 11.3. The first-order valence-corrected chi connectivity index (χ1v) is 4.12. The van der Waals surface area contributed by atoms with Crippen molar-refractivity contribution in [3.05, 3.63) is 0 Å². The van der Waals surface area contributed by atoms with E-state index in [4.69, 9.17) is 4.74 Å². The number of fused-ring (bicyclic) bond motifs is 1. The molecule has 0 amide bonds. The van der Waals surface area contributed by atoms with Crippen molar-refractivity contribution >= 4 is 5.78 Å². The lowest BCUT2D eigenvalue weighted by Crippen LogP contribution is -2.38. The molecule has 0 spiro atoms. The van der Waals surface area contributed by atoms with Gasteiger partial charge in [0.2, 0.25) is 0 Å². The van der Waals surface area contributed by atoms with Crippen LogP contribution in [0.1, 0.15) is 13.3 Å². The fraction of sp³-hybridized carbons (Fsp3) is 0.875. The van der Waals surface area contributed by atoms with Crippen LogP contribution in [0.15, 0.2) is 0 Å². The zero-order valence-corrected chi connectivity index (χ0v) is 6.91. The Morgan fingerprint density at radius 2 is 2.45 bits per heavy atom. The third-order valence-corrected chi connectivity index (χ3v) is 2.55.